The lowest BCUT2D eigenvalue weighted by Crippen LogP contribution is -2.32. The third-order valence-corrected chi connectivity index (χ3v) is 4.80. The summed E-state index contributed by atoms with van der Waals surface area (Å²) in [6.07, 6.45) is 2.35. The number of nitrogens with zero attached hydrogens (tertiary/aromatic N) is 2. The van der Waals surface area contributed by atoms with E-state index < -0.39 is 0 Å². The van der Waals surface area contributed by atoms with Gasteiger partial charge in [0.25, 0.3) is 0 Å². The maximum atomic E-state index is 14.0. The zero-order valence-electron chi connectivity index (χ0n) is 15.8. The molecule has 1 atom stereocenters. The van der Waals surface area contributed by atoms with Gasteiger partial charge >= 0.3 is 0 Å². The Hall–Kier alpha value is -2.43. The molecule has 2 aromatic carbocycles. The van der Waals surface area contributed by atoms with Crippen LogP contribution >= 0.6 is 0 Å². The first-order valence-electron chi connectivity index (χ1n) is 9.47. The van der Waals surface area contributed by atoms with Crippen molar-refractivity contribution in [1.82, 2.24) is 9.47 Å². The van der Waals surface area contributed by atoms with Gasteiger partial charge in [-0.1, -0.05) is 55.5 Å². The molecule has 0 aliphatic heterocycles. The zero-order valence-corrected chi connectivity index (χ0v) is 15.8. The minimum absolute atomic E-state index is 0.181. The fraction of sp³-hybridized carbons (Fsp3) is 0.304. The van der Waals surface area contributed by atoms with Crippen LogP contribution in [-0.4, -0.2) is 27.2 Å². The third-order valence-electron chi connectivity index (χ3n) is 4.80. The van der Waals surface area contributed by atoms with Gasteiger partial charge < -0.3 is 9.67 Å². The van der Waals surface area contributed by atoms with Crippen LogP contribution in [0, 0.1) is 5.82 Å². The van der Waals surface area contributed by atoms with E-state index in [1.54, 1.807) is 6.07 Å². The van der Waals surface area contributed by atoms with Crippen LogP contribution in [0.3, 0.4) is 0 Å². The van der Waals surface area contributed by atoms with Crippen LogP contribution in [0.4, 0.5) is 4.39 Å². The largest absolute Gasteiger partial charge is 0.392 e. The molecule has 0 saturated carbocycles. The highest BCUT2D eigenvalue weighted by Gasteiger charge is 2.14. The average Bonchev–Trinajstić information content (AvgIpc) is 3.11. The minimum Gasteiger partial charge on any atom is -0.392 e. The summed E-state index contributed by atoms with van der Waals surface area (Å²) in [4.78, 5) is 2.25. The van der Waals surface area contributed by atoms with Crippen LogP contribution in [0.1, 0.15) is 30.2 Å². The Kier molecular flexibility index (Phi) is 6.80. The molecule has 4 heteroatoms. The lowest BCUT2D eigenvalue weighted by molar-refractivity contribution is 0.100. The molecule has 3 aromatic rings. The molecule has 0 aliphatic rings. The fourth-order valence-corrected chi connectivity index (χ4v) is 3.24. The standard InChI is InChI=1S/C23H27FN2O/c1-2-22(27)18-25(15-19-9-4-3-5-10-19)17-21-12-8-14-26(21)16-20-11-6-7-13-23(20)24/h3-14,22,27H,2,15-18H2,1H3. The van der Waals surface area contributed by atoms with Crippen molar-refractivity contribution in [1.29, 1.82) is 0 Å². The van der Waals surface area contributed by atoms with E-state index in [4.69, 9.17) is 0 Å². The number of hydrogen-bond donors (Lipinski definition) is 1. The number of aliphatic hydroxyl groups is 1. The Balaban J connectivity index is 1.75. The quantitative estimate of drug-likeness (QED) is 0.606. The summed E-state index contributed by atoms with van der Waals surface area (Å²) >= 11 is 0. The lowest BCUT2D eigenvalue weighted by atomic mass is 10.1. The molecular formula is C23H27FN2O. The van der Waals surface area contributed by atoms with Crippen LogP contribution in [0.15, 0.2) is 72.9 Å². The van der Waals surface area contributed by atoms with Gasteiger partial charge in [-0.05, 0) is 30.2 Å². The molecule has 0 amide bonds. The van der Waals surface area contributed by atoms with Gasteiger partial charge in [-0.25, -0.2) is 4.39 Å². The predicted molar refractivity (Wildman–Crippen MR) is 107 cm³/mol. The van der Waals surface area contributed by atoms with Crippen molar-refractivity contribution < 1.29 is 9.50 Å². The normalized spacial score (nSPS) is 12.4. The molecule has 0 spiro atoms. The highest BCUT2D eigenvalue weighted by atomic mass is 19.1. The van der Waals surface area contributed by atoms with E-state index in [0.29, 0.717) is 25.2 Å². The van der Waals surface area contributed by atoms with Crippen molar-refractivity contribution in [3.63, 3.8) is 0 Å². The number of aromatic nitrogens is 1. The van der Waals surface area contributed by atoms with Gasteiger partial charge in [-0.2, -0.15) is 0 Å². The molecule has 142 valence electrons. The molecule has 0 saturated heterocycles. The van der Waals surface area contributed by atoms with Crippen LogP contribution in [0.25, 0.3) is 0 Å². The SMILES string of the molecule is CCC(O)CN(Cc1ccccc1)Cc1cccn1Cc1ccccc1F. The number of rotatable bonds is 9. The maximum Gasteiger partial charge on any atom is 0.128 e. The van der Waals surface area contributed by atoms with E-state index in [-0.39, 0.29) is 11.9 Å². The Morgan fingerprint density at radius 1 is 0.963 bits per heavy atom. The van der Waals surface area contributed by atoms with Crippen molar-refractivity contribution in [2.24, 2.45) is 0 Å². The van der Waals surface area contributed by atoms with Gasteiger partial charge in [0.15, 0.2) is 0 Å². The predicted octanol–water partition coefficient (Wildman–Crippen LogP) is 4.45. The Labute approximate surface area is 160 Å². The number of hydrogen-bond acceptors (Lipinski definition) is 2. The summed E-state index contributed by atoms with van der Waals surface area (Å²) < 4.78 is 16.1. The highest BCUT2D eigenvalue weighted by molar-refractivity contribution is 5.20. The molecule has 27 heavy (non-hydrogen) atoms. The zero-order chi connectivity index (χ0) is 19.1. The second-order valence-electron chi connectivity index (χ2n) is 6.94. The van der Waals surface area contributed by atoms with Gasteiger partial charge in [0.1, 0.15) is 5.82 Å². The summed E-state index contributed by atoms with van der Waals surface area (Å²) in [5, 5.41) is 10.2. The first kappa shape index (κ1) is 19.3. The van der Waals surface area contributed by atoms with E-state index in [2.05, 4.69) is 27.7 Å². The van der Waals surface area contributed by atoms with Crippen LogP contribution < -0.4 is 0 Å². The van der Waals surface area contributed by atoms with Gasteiger partial charge in [-0.3, -0.25) is 4.90 Å². The Bertz CT molecular complexity index is 831. The maximum absolute atomic E-state index is 14.0. The van der Waals surface area contributed by atoms with Crippen molar-refractivity contribution in [3.8, 4) is 0 Å². The first-order valence-corrected chi connectivity index (χ1v) is 9.47. The van der Waals surface area contributed by atoms with E-state index >= 15 is 0 Å². The summed E-state index contributed by atoms with van der Waals surface area (Å²) in [6, 6.07) is 21.2. The second-order valence-corrected chi connectivity index (χ2v) is 6.94. The van der Waals surface area contributed by atoms with Crippen LogP contribution in [0.2, 0.25) is 0 Å². The van der Waals surface area contributed by atoms with Gasteiger partial charge in [-0.15, -0.1) is 0 Å². The topological polar surface area (TPSA) is 28.4 Å². The molecule has 0 aliphatic carbocycles. The van der Waals surface area contributed by atoms with Crippen molar-refractivity contribution in [2.75, 3.05) is 6.54 Å². The Morgan fingerprint density at radius 2 is 1.70 bits per heavy atom. The lowest BCUT2D eigenvalue weighted by Gasteiger charge is -2.25. The van der Waals surface area contributed by atoms with Gasteiger partial charge in [0.2, 0.25) is 0 Å². The number of benzene rings is 2. The third kappa shape index (κ3) is 5.52. The first-order chi connectivity index (χ1) is 13.2. The average molecular weight is 366 g/mol. The van der Waals surface area contributed by atoms with E-state index in [9.17, 15) is 9.50 Å². The van der Waals surface area contributed by atoms with Crippen LogP contribution in [0.5, 0.6) is 0 Å². The molecule has 0 fully saturated rings. The van der Waals surface area contributed by atoms with Crippen molar-refractivity contribution in [2.45, 2.75) is 39.1 Å². The van der Waals surface area contributed by atoms with Crippen molar-refractivity contribution >= 4 is 0 Å². The summed E-state index contributed by atoms with van der Waals surface area (Å²) in [5.41, 5.74) is 3.00. The molecule has 0 radical (unpaired) electrons. The summed E-state index contributed by atoms with van der Waals surface area (Å²) in [7, 11) is 0. The van der Waals surface area contributed by atoms with E-state index in [0.717, 1.165) is 18.7 Å². The number of aliphatic hydroxyl groups excluding tert-OH is 1. The van der Waals surface area contributed by atoms with Crippen LogP contribution in [-0.2, 0) is 19.6 Å². The monoisotopic (exact) mass is 366 g/mol. The molecule has 3 rings (SSSR count). The smallest absolute Gasteiger partial charge is 0.128 e. The minimum atomic E-state index is -0.358. The van der Waals surface area contributed by atoms with Gasteiger partial charge in [0, 0.05) is 37.1 Å². The molecule has 0 bridgehead atoms. The molecule has 1 unspecified atom stereocenters. The van der Waals surface area contributed by atoms with E-state index in [1.165, 1.54) is 11.6 Å². The Morgan fingerprint density at radius 3 is 2.44 bits per heavy atom. The molecule has 3 nitrogen and oxygen atoms in total. The summed E-state index contributed by atoms with van der Waals surface area (Å²) in [5.74, 6) is -0.181. The second kappa shape index (κ2) is 9.49. The summed E-state index contributed by atoms with van der Waals surface area (Å²) in [6.45, 7) is 4.57. The molecule has 1 aromatic heterocycles. The highest BCUT2D eigenvalue weighted by Crippen LogP contribution is 2.15. The fourth-order valence-electron chi connectivity index (χ4n) is 3.24. The molecule has 1 heterocycles. The van der Waals surface area contributed by atoms with Crippen molar-refractivity contribution in [3.05, 3.63) is 95.6 Å². The number of halogens is 1. The van der Waals surface area contributed by atoms with E-state index in [1.807, 2.05) is 49.5 Å². The van der Waals surface area contributed by atoms with Gasteiger partial charge in [0.05, 0.1) is 12.6 Å². The molecule has 1 N–H and O–H groups in total. The molecular weight excluding hydrogens is 339 g/mol.